The lowest BCUT2D eigenvalue weighted by Crippen LogP contribution is -2.27. The van der Waals surface area contributed by atoms with Crippen LogP contribution in [0.25, 0.3) is 0 Å². The zero-order chi connectivity index (χ0) is 8.72. The molecule has 2 aliphatic rings. The second-order valence-corrected chi connectivity index (χ2v) is 3.96. The first kappa shape index (κ1) is 7.78. The standard InChI is InChI=1S/C11H14O/c1-7-3-4-9-6-10(7)11(12)5-8(9)2/h3,5,9-10H,4,6H2,1-2H3/t9-,10-/m0/s1. The van der Waals surface area contributed by atoms with E-state index in [1.54, 1.807) is 0 Å². The maximum atomic E-state index is 11.5. The van der Waals surface area contributed by atoms with E-state index in [2.05, 4.69) is 19.9 Å². The van der Waals surface area contributed by atoms with Crippen molar-refractivity contribution in [1.29, 1.82) is 0 Å². The van der Waals surface area contributed by atoms with Crippen molar-refractivity contribution < 1.29 is 4.79 Å². The molecule has 1 heteroatoms. The summed E-state index contributed by atoms with van der Waals surface area (Å²) in [7, 11) is 0. The average molecular weight is 162 g/mol. The van der Waals surface area contributed by atoms with E-state index in [0.717, 1.165) is 12.8 Å². The Morgan fingerprint density at radius 3 is 2.83 bits per heavy atom. The van der Waals surface area contributed by atoms with Crippen molar-refractivity contribution in [3.8, 4) is 0 Å². The number of carbonyl (C=O) groups is 1. The summed E-state index contributed by atoms with van der Waals surface area (Å²) in [6, 6.07) is 0. The van der Waals surface area contributed by atoms with Crippen LogP contribution >= 0.6 is 0 Å². The summed E-state index contributed by atoms with van der Waals surface area (Å²) in [5, 5.41) is 0. The molecule has 2 bridgehead atoms. The fourth-order valence-corrected chi connectivity index (χ4v) is 2.19. The molecule has 0 saturated carbocycles. The van der Waals surface area contributed by atoms with Gasteiger partial charge in [0.1, 0.15) is 0 Å². The van der Waals surface area contributed by atoms with Gasteiger partial charge in [-0.05, 0) is 38.7 Å². The maximum Gasteiger partial charge on any atom is 0.162 e. The fourth-order valence-electron chi connectivity index (χ4n) is 2.19. The van der Waals surface area contributed by atoms with Crippen LogP contribution in [0.1, 0.15) is 26.7 Å². The van der Waals surface area contributed by atoms with Gasteiger partial charge in [-0.25, -0.2) is 0 Å². The predicted octanol–water partition coefficient (Wildman–Crippen LogP) is 2.49. The molecule has 64 valence electrons. The lowest BCUT2D eigenvalue weighted by Gasteiger charge is -2.31. The van der Waals surface area contributed by atoms with Crippen LogP contribution in [-0.2, 0) is 4.79 Å². The molecule has 0 saturated heterocycles. The Hall–Kier alpha value is -0.850. The Morgan fingerprint density at radius 1 is 1.33 bits per heavy atom. The van der Waals surface area contributed by atoms with Crippen molar-refractivity contribution >= 4 is 5.78 Å². The van der Waals surface area contributed by atoms with Gasteiger partial charge < -0.3 is 0 Å². The number of ketones is 1. The Bertz CT molecular complexity index is 283. The summed E-state index contributed by atoms with van der Waals surface area (Å²) >= 11 is 0. The van der Waals surface area contributed by atoms with E-state index in [-0.39, 0.29) is 5.92 Å². The van der Waals surface area contributed by atoms with Gasteiger partial charge in [0.05, 0.1) is 0 Å². The topological polar surface area (TPSA) is 17.1 Å². The number of hydrogen-bond donors (Lipinski definition) is 0. The highest BCUT2D eigenvalue weighted by molar-refractivity contribution is 5.95. The molecule has 0 radical (unpaired) electrons. The first-order valence-electron chi connectivity index (χ1n) is 4.57. The van der Waals surface area contributed by atoms with Gasteiger partial charge in [-0.1, -0.05) is 17.2 Å². The molecule has 0 fully saturated rings. The third-order valence-corrected chi connectivity index (χ3v) is 3.15. The van der Waals surface area contributed by atoms with Gasteiger partial charge in [-0.2, -0.15) is 0 Å². The highest BCUT2D eigenvalue weighted by Crippen LogP contribution is 2.37. The zero-order valence-corrected chi connectivity index (χ0v) is 7.63. The van der Waals surface area contributed by atoms with Crippen molar-refractivity contribution in [2.24, 2.45) is 11.8 Å². The molecule has 1 nitrogen and oxygen atoms in total. The van der Waals surface area contributed by atoms with Crippen molar-refractivity contribution in [1.82, 2.24) is 0 Å². The second kappa shape index (κ2) is 2.58. The molecule has 0 heterocycles. The van der Waals surface area contributed by atoms with Gasteiger partial charge in [-0.3, -0.25) is 4.79 Å². The van der Waals surface area contributed by atoms with Crippen molar-refractivity contribution in [3.63, 3.8) is 0 Å². The average Bonchev–Trinajstić information content (AvgIpc) is 2.03. The summed E-state index contributed by atoms with van der Waals surface area (Å²) in [5.41, 5.74) is 2.56. The summed E-state index contributed by atoms with van der Waals surface area (Å²) < 4.78 is 0. The summed E-state index contributed by atoms with van der Waals surface area (Å²) in [4.78, 5) is 11.5. The highest BCUT2D eigenvalue weighted by Gasteiger charge is 2.31. The molecule has 2 atom stereocenters. The van der Waals surface area contributed by atoms with E-state index in [1.807, 2.05) is 6.08 Å². The second-order valence-electron chi connectivity index (χ2n) is 3.96. The van der Waals surface area contributed by atoms with Crippen LogP contribution in [-0.4, -0.2) is 5.78 Å². The molecule has 0 aromatic rings. The van der Waals surface area contributed by atoms with Crippen LogP contribution in [0.15, 0.2) is 23.3 Å². The van der Waals surface area contributed by atoms with Crippen LogP contribution in [0.2, 0.25) is 0 Å². The van der Waals surface area contributed by atoms with Crippen molar-refractivity contribution in [3.05, 3.63) is 23.3 Å². The quantitative estimate of drug-likeness (QED) is 0.500. The van der Waals surface area contributed by atoms with Gasteiger partial charge in [-0.15, -0.1) is 0 Å². The lowest BCUT2D eigenvalue weighted by atomic mass is 9.72. The fraction of sp³-hybridized carbons (Fsp3) is 0.545. The van der Waals surface area contributed by atoms with Crippen molar-refractivity contribution in [2.75, 3.05) is 0 Å². The number of hydrogen-bond acceptors (Lipinski definition) is 1. The normalized spacial score (nSPS) is 34.3. The van der Waals surface area contributed by atoms with Gasteiger partial charge in [0.15, 0.2) is 5.78 Å². The van der Waals surface area contributed by atoms with E-state index in [1.165, 1.54) is 11.1 Å². The smallest absolute Gasteiger partial charge is 0.162 e. The molecule has 0 unspecified atom stereocenters. The van der Waals surface area contributed by atoms with Gasteiger partial charge in [0.25, 0.3) is 0 Å². The first-order valence-corrected chi connectivity index (χ1v) is 4.57. The number of rotatable bonds is 0. The minimum Gasteiger partial charge on any atom is -0.294 e. The van der Waals surface area contributed by atoms with Gasteiger partial charge >= 0.3 is 0 Å². The van der Waals surface area contributed by atoms with E-state index >= 15 is 0 Å². The molecule has 0 N–H and O–H groups in total. The largest absolute Gasteiger partial charge is 0.294 e. The number of fused-ring (bicyclic) bond motifs is 2. The SMILES string of the molecule is CC1=CC(=O)[C@H]2C[C@@H]1CC=C2C. The summed E-state index contributed by atoms with van der Waals surface area (Å²) in [6.45, 7) is 4.15. The minimum absolute atomic E-state index is 0.215. The molecule has 0 aromatic heterocycles. The number of carbonyl (C=O) groups excluding carboxylic acids is 1. The molecular formula is C11H14O. The Labute approximate surface area is 73.2 Å². The highest BCUT2D eigenvalue weighted by atomic mass is 16.1. The molecule has 0 aromatic carbocycles. The summed E-state index contributed by atoms with van der Waals surface area (Å²) in [6.07, 6.45) is 6.27. The third kappa shape index (κ3) is 1.04. The third-order valence-electron chi connectivity index (χ3n) is 3.15. The van der Waals surface area contributed by atoms with E-state index < -0.39 is 0 Å². The molecule has 0 spiro atoms. The summed E-state index contributed by atoms with van der Waals surface area (Å²) in [5.74, 6) is 1.18. The Balaban J connectivity index is 2.37. The van der Waals surface area contributed by atoms with E-state index in [9.17, 15) is 4.79 Å². The van der Waals surface area contributed by atoms with Crippen LogP contribution in [0.5, 0.6) is 0 Å². The van der Waals surface area contributed by atoms with Crippen LogP contribution < -0.4 is 0 Å². The Morgan fingerprint density at radius 2 is 2.08 bits per heavy atom. The molecule has 2 aliphatic carbocycles. The maximum absolute atomic E-state index is 11.5. The van der Waals surface area contributed by atoms with Crippen LogP contribution in [0, 0.1) is 11.8 Å². The first-order chi connectivity index (χ1) is 5.68. The zero-order valence-electron chi connectivity index (χ0n) is 7.63. The van der Waals surface area contributed by atoms with Gasteiger partial charge in [0.2, 0.25) is 0 Å². The molecule has 0 aliphatic heterocycles. The molecule has 2 rings (SSSR count). The van der Waals surface area contributed by atoms with Gasteiger partial charge in [0, 0.05) is 5.92 Å². The lowest BCUT2D eigenvalue weighted by molar-refractivity contribution is -0.118. The minimum atomic E-state index is 0.215. The molecule has 0 amide bonds. The van der Waals surface area contributed by atoms with Crippen LogP contribution in [0.3, 0.4) is 0 Å². The predicted molar refractivity (Wildman–Crippen MR) is 48.7 cm³/mol. The number of allylic oxidation sites excluding steroid dienone is 4. The molecular weight excluding hydrogens is 148 g/mol. The van der Waals surface area contributed by atoms with E-state index in [4.69, 9.17) is 0 Å². The van der Waals surface area contributed by atoms with Crippen molar-refractivity contribution in [2.45, 2.75) is 26.7 Å². The van der Waals surface area contributed by atoms with Crippen LogP contribution in [0.4, 0.5) is 0 Å². The monoisotopic (exact) mass is 162 g/mol. The Kier molecular flexibility index (Phi) is 1.67. The molecule has 12 heavy (non-hydrogen) atoms. The van der Waals surface area contributed by atoms with E-state index in [0.29, 0.717) is 11.7 Å².